The van der Waals surface area contributed by atoms with Crippen LogP contribution >= 0.6 is 0 Å². The van der Waals surface area contributed by atoms with E-state index in [1.165, 1.54) is 15.9 Å². The zero-order valence-electron chi connectivity index (χ0n) is 10.0. The van der Waals surface area contributed by atoms with Gasteiger partial charge < -0.3 is 0 Å². The smallest absolute Gasteiger partial charge is 0.238 e. The first kappa shape index (κ1) is 12.2. The molecule has 0 spiro atoms. The van der Waals surface area contributed by atoms with Gasteiger partial charge in [0.25, 0.3) is 0 Å². The topological polar surface area (TPSA) is 37.4 Å². The average molecular weight is 251 g/mol. The second-order valence-electron chi connectivity index (χ2n) is 4.38. The Balaban J connectivity index is 2.45. The van der Waals surface area contributed by atoms with Crippen LogP contribution in [-0.4, -0.2) is 20.7 Å². The lowest BCUT2D eigenvalue weighted by Gasteiger charge is -2.30. The van der Waals surface area contributed by atoms with Crippen LogP contribution < -0.4 is 4.31 Å². The monoisotopic (exact) mass is 251 g/mol. The molecule has 0 aromatic heterocycles. The largest absolute Gasteiger partial charge is 0.270 e. The maximum Gasteiger partial charge on any atom is 0.238 e. The Kier molecular flexibility index (Phi) is 3.24. The molecule has 0 aliphatic carbocycles. The molecule has 1 aromatic rings. The summed E-state index contributed by atoms with van der Waals surface area (Å²) in [7, 11) is -3.24. The Bertz CT molecular complexity index is 534. The van der Waals surface area contributed by atoms with E-state index in [1.807, 2.05) is 19.1 Å². The van der Waals surface area contributed by atoms with Crippen LogP contribution in [0.15, 0.2) is 30.9 Å². The van der Waals surface area contributed by atoms with Crippen molar-refractivity contribution in [3.05, 3.63) is 42.0 Å². The van der Waals surface area contributed by atoms with Gasteiger partial charge in [-0.3, -0.25) is 4.31 Å². The molecule has 3 nitrogen and oxygen atoms in total. The van der Waals surface area contributed by atoms with Crippen LogP contribution in [0.5, 0.6) is 0 Å². The highest BCUT2D eigenvalue weighted by atomic mass is 32.2. The summed E-state index contributed by atoms with van der Waals surface area (Å²) < 4.78 is 25.7. The SMILES string of the molecule is C=CCS(=O)(=O)N1CCCc2cc(C)ccc21. The Labute approximate surface area is 103 Å². The molecule has 0 saturated heterocycles. The van der Waals surface area contributed by atoms with Gasteiger partial charge in [0, 0.05) is 6.54 Å². The predicted octanol–water partition coefficient (Wildman–Crippen LogP) is 2.26. The first-order chi connectivity index (χ1) is 8.04. The van der Waals surface area contributed by atoms with E-state index >= 15 is 0 Å². The molecule has 0 radical (unpaired) electrons. The van der Waals surface area contributed by atoms with Crippen molar-refractivity contribution in [1.82, 2.24) is 0 Å². The van der Waals surface area contributed by atoms with E-state index < -0.39 is 10.0 Å². The van der Waals surface area contributed by atoms with E-state index in [9.17, 15) is 8.42 Å². The molecule has 0 saturated carbocycles. The molecule has 0 amide bonds. The molecule has 92 valence electrons. The normalized spacial score (nSPS) is 15.5. The van der Waals surface area contributed by atoms with Crippen LogP contribution in [0, 0.1) is 6.92 Å². The van der Waals surface area contributed by atoms with Gasteiger partial charge in [-0.15, -0.1) is 6.58 Å². The lowest BCUT2D eigenvalue weighted by molar-refractivity contribution is 0.589. The summed E-state index contributed by atoms with van der Waals surface area (Å²) in [4.78, 5) is 0. The van der Waals surface area contributed by atoms with Crippen LogP contribution in [0.25, 0.3) is 0 Å². The van der Waals surface area contributed by atoms with E-state index in [4.69, 9.17) is 0 Å². The van der Waals surface area contributed by atoms with Gasteiger partial charge in [-0.25, -0.2) is 8.42 Å². The van der Waals surface area contributed by atoms with E-state index in [1.54, 1.807) is 0 Å². The van der Waals surface area contributed by atoms with Crippen molar-refractivity contribution in [3.63, 3.8) is 0 Å². The van der Waals surface area contributed by atoms with E-state index in [2.05, 4.69) is 12.6 Å². The summed E-state index contributed by atoms with van der Waals surface area (Å²) in [5.74, 6) is 0.000314. The molecular formula is C13H17NO2S. The molecule has 0 N–H and O–H groups in total. The third-order valence-corrected chi connectivity index (χ3v) is 4.68. The van der Waals surface area contributed by atoms with Crippen LogP contribution in [0.4, 0.5) is 5.69 Å². The Hall–Kier alpha value is -1.29. The number of aryl methyl sites for hydroxylation is 2. The third kappa shape index (κ3) is 2.36. The van der Waals surface area contributed by atoms with Crippen LogP contribution in [0.3, 0.4) is 0 Å². The number of fused-ring (bicyclic) bond motifs is 1. The molecule has 1 heterocycles. The summed E-state index contributed by atoms with van der Waals surface area (Å²) in [6.07, 6.45) is 3.28. The molecule has 0 unspecified atom stereocenters. The van der Waals surface area contributed by atoms with Crippen LogP contribution in [-0.2, 0) is 16.4 Å². The first-order valence-electron chi connectivity index (χ1n) is 5.75. The van der Waals surface area contributed by atoms with Gasteiger partial charge in [-0.2, -0.15) is 0 Å². The fraction of sp³-hybridized carbons (Fsp3) is 0.385. The standard InChI is InChI=1S/C13H17NO2S/c1-3-9-17(15,16)14-8-4-5-12-10-11(2)6-7-13(12)14/h3,6-7,10H,1,4-5,8-9H2,2H3. The second-order valence-corrected chi connectivity index (χ2v) is 6.31. The minimum absolute atomic E-state index is 0.000314. The molecular weight excluding hydrogens is 234 g/mol. The summed E-state index contributed by atoms with van der Waals surface area (Å²) in [5.41, 5.74) is 3.14. The van der Waals surface area contributed by atoms with Gasteiger partial charge >= 0.3 is 0 Å². The van der Waals surface area contributed by atoms with Crippen molar-refractivity contribution in [3.8, 4) is 0 Å². The minimum atomic E-state index is -3.24. The molecule has 0 fully saturated rings. The molecule has 1 aliphatic heterocycles. The number of sulfonamides is 1. The Morgan fingerprint density at radius 2 is 2.24 bits per heavy atom. The molecule has 1 aromatic carbocycles. The molecule has 0 bridgehead atoms. The fourth-order valence-corrected chi connectivity index (χ4v) is 3.58. The fourth-order valence-electron chi connectivity index (χ4n) is 2.22. The summed E-state index contributed by atoms with van der Waals surface area (Å²) in [5, 5.41) is 0. The zero-order chi connectivity index (χ0) is 12.5. The highest BCUT2D eigenvalue weighted by Crippen LogP contribution is 2.30. The lowest BCUT2D eigenvalue weighted by atomic mass is 10.0. The highest BCUT2D eigenvalue weighted by molar-refractivity contribution is 7.92. The number of rotatable bonds is 3. The molecule has 17 heavy (non-hydrogen) atoms. The van der Waals surface area contributed by atoms with Crippen molar-refractivity contribution >= 4 is 15.7 Å². The number of benzene rings is 1. The van der Waals surface area contributed by atoms with Crippen LogP contribution in [0.2, 0.25) is 0 Å². The summed E-state index contributed by atoms with van der Waals surface area (Å²) >= 11 is 0. The maximum absolute atomic E-state index is 12.1. The van der Waals surface area contributed by atoms with Gasteiger partial charge in [0.05, 0.1) is 11.4 Å². The van der Waals surface area contributed by atoms with Crippen molar-refractivity contribution in [2.75, 3.05) is 16.6 Å². The highest BCUT2D eigenvalue weighted by Gasteiger charge is 2.26. The lowest BCUT2D eigenvalue weighted by Crippen LogP contribution is -2.36. The van der Waals surface area contributed by atoms with Crippen molar-refractivity contribution in [2.45, 2.75) is 19.8 Å². The Morgan fingerprint density at radius 3 is 2.94 bits per heavy atom. The van der Waals surface area contributed by atoms with Gasteiger partial charge in [0.1, 0.15) is 0 Å². The van der Waals surface area contributed by atoms with E-state index in [0.717, 1.165) is 24.1 Å². The van der Waals surface area contributed by atoms with Gasteiger partial charge in [0.2, 0.25) is 10.0 Å². The minimum Gasteiger partial charge on any atom is -0.270 e. The van der Waals surface area contributed by atoms with Crippen molar-refractivity contribution < 1.29 is 8.42 Å². The summed E-state index contributed by atoms with van der Waals surface area (Å²) in [6.45, 7) is 6.11. The molecule has 4 heteroatoms. The second kappa shape index (κ2) is 4.53. The number of hydrogen-bond acceptors (Lipinski definition) is 2. The van der Waals surface area contributed by atoms with Gasteiger partial charge in [-0.05, 0) is 31.4 Å². The van der Waals surface area contributed by atoms with Crippen molar-refractivity contribution in [1.29, 1.82) is 0 Å². The van der Waals surface area contributed by atoms with Gasteiger partial charge in [0.15, 0.2) is 0 Å². The maximum atomic E-state index is 12.1. The number of anilines is 1. The first-order valence-corrected chi connectivity index (χ1v) is 7.36. The van der Waals surface area contributed by atoms with E-state index in [-0.39, 0.29) is 5.75 Å². The molecule has 1 aliphatic rings. The number of nitrogens with zero attached hydrogens (tertiary/aromatic N) is 1. The van der Waals surface area contributed by atoms with E-state index in [0.29, 0.717) is 6.54 Å². The predicted molar refractivity (Wildman–Crippen MR) is 70.8 cm³/mol. The average Bonchev–Trinajstić information content (AvgIpc) is 2.27. The third-order valence-electron chi connectivity index (χ3n) is 2.98. The van der Waals surface area contributed by atoms with Gasteiger partial charge in [-0.1, -0.05) is 23.8 Å². The molecule has 0 atom stereocenters. The number of hydrogen-bond donors (Lipinski definition) is 0. The van der Waals surface area contributed by atoms with Crippen LogP contribution in [0.1, 0.15) is 17.5 Å². The Morgan fingerprint density at radius 1 is 1.47 bits per heavy atom. The summed E-state index contributed by atoms with van der Waals surface area (Å²) in [6, 6.07) is 5.94. The molecule has 2 rings (SSSR count). The zero-order valence-corrected chi connectivity index (χ0v) is 10.8. The quantitative estimate of drug-likeness (QED) is 0.773. The van der Waals surface area contributed by atoms with Crippen molar-refractivity contribution in [2.24, 2.45) is 0 Å².